The third kappa shape index (κ3) is 4.78. The third-order valence-corrected chi connectivity index (χ3v) is 3.45. The van der Waals surface area contributed by atoms with Crippen molar-refractivity contribution in [1.29, 1.82) is 0 Å². The molecule has 0 spiro atoms. The summed E-state index contributed by atoms with van der Waals surface area (Å²) in [4.78, 5) is 0. The molecular formula is C15H25NO. The van der Waals surface area contributed by atoms with Crippen molar-refractivity contribution < 1.29 is 5.11 Å². The Hall–Kier alpha value is -1.02. The molecule has 0 aliphatic heterocycles. The van der Waals surface area contributed by atoms with Crippen LogP contribution in [0.5, 0.6) is 5.75 Å². The summed E-state index contributed by atoms with van der Waals surface area (Å²) in [6, 6.07) is 8.08. The van der Waals surface area contributed by atoms with Gasteiger partial charge < -0.3 is 10.4 Å². The number of aromatic hydroxyl groups is 1. The van der Waals surface area contributed by atoms with Gasteiger partial charge in [0.2, 0.25) is 0 Å². The molecule has 1 aromatic rings. The van der Waals surface area contributed by atoms with Crippen molar-refractivity contribution in [1.82, 2.24) is 5.32 Å². The van der Waals surface area contributed by atoms with Crippen LogP contribution >= 0.6 is 0 Å². The van der Waals surface area contributed by atoms with Gasteiger partial charge in [0.25, 0.3) is 0 Å². The molecule has 17 heavy (non-hydrogen) atoms. The number of benzene rings is 1. The molecule has 0 saturated heterocycles. The quantitative estimate of drug-likeness (QED) is 0.755. The molecule has 2 unspecified atom stereocenters. The number of nitrogens with one attached hydrogen (secondary N) is 1. The zero-order chi connectivity index (χ0) is 12.7. The van der Waals surface area contributed by atoms with Gasteiger partial charge in [-0.2, -0.15) is 0 Å². The summed E-state index contributed by atoms with van der Waals surface area (Å²) < 4.78 is 0. The molecule has 1 rings (SSSR count). The lowest BCUT2D eigenvalue weighted by atomic mass is 9.97. The van der Waals surface area contributed by atoms with E-state index < -0.39 is 0 Å². The Morgan fingerprint density at radius 2 is 1.88 bits per heavy atom. The highest BCUT2D eigenvalue weighted by atomic mass is 16.3. The van der Waals surface area contributed by atoms with E-state index in [1.807, 2.05) is 18.2 Å². The van der Waals surface area contributed by atoms with Crippen LogP contribution in [0.3, 0.4) is 0 Å². The van der Waals surface area contributed by atoms with Gasteiger partial charge in [-0.1, -0.05) is 45.4 Å². The highest BCUT2D eigenvalue weighted by molar-refractivity contribution is 5.31. The fraction of sp³-hybridized carbons (Fsp3) is 0.600. The van der Waals surface area contributed by atoms with Crippen molar-refractivity contribution in [2.45, 2.75) is 52.6 Å². The molecule has 0 bridgehead atoms. The predicted octanol–water partition coefficient (Wildman–Crippen LogP) is 3.70. The second-order valence-electron chi connectivity index (χ2n) is 4.86. The minimum atomic E-state index is 0.387. The maximum atomic E-state index is 9.68. The van der Waals surface area contributed by atoms with Crippen LogP contribution in [0.4, 0.5) is 0 Å². The van der Waals surface area contributed by atoms with Crippen LogP contribution in [0.15, 0.2) is 24.3 Å². The largest absolute Gasteiger partial charge is 0.508 e. The summed E-state index contributed by atoms with van der Waals surface area (Å²) in [6.07, 6.45) is 3.58. The normalized spacial score (nSPS) is 14.5. The molecular weight excluding hydrogens is 210 g/mol. The van der Waals surface area contributed by atoms with E-state index in [2.05, 4.69) is 26.1 Å². The molecule has 2 nitrogen and oxygen atoms in total. The molecule has 0 aliphatic rings. The molecule has 0 heterocycles. The number of phenols is 1. The zero-order valence-electron chi connectivity index (χ0n) is 11.2. The summed E-state index contributed by atoms with van der Waals surface area (Å²) in [5.74, 6) is 1.15. The number of phenolic OH excluding ortho intramolecular Hbond substituents is 1. The van der Waals surface area contributed by atoms with E-state index in [-0.39, 0.29) is 0 Å². The van der Waals surface area contributed by atoms with E-state index >= 15 is 0 Å². The SMILES string of the molecule is CCC(C)CC(CC)NCc1ccccc1O. The van der Waals surface area contributed by atoms with Crippen molar-refractivity contribution >= 4 is 0 Å². The lowest BCUT2D eigenvalue weighted by Crippen LogP contribution is -2.29. The van der Waals surface area contributed by atoms with Gasteiger partial charge in [0.1, 0.15) is 5.75 Å². The van der Waals surface area contributed by atoms with E-state index in [4.69, 9.17) is 0 Å². The first-order chi connectivity index (χ1) is 8.17. The summed E-state index contributed by atoms with van der Waals surface area (Å²) in [5, 5.41) is 13.2. The molecule has 0 fully saturated rings. The Morgan fingerprint density at radius 1 is 1.18 bits per heavy atom. The van der Waals surface area contributed by atoms with Gasteiger partial charge in [-0.05, 0) is 24.8 Å². The number of hydrogen-bond acceptors (Lipinski definition) is 2. The Labute approximate surface area is 105 Å². The van der Waals surface area contributed by atoms with Crippen LogP contribution < -0.4 is 5.32 Å². The van der Waals surface area contributed by atoms with E-state index in [0.29, 0.717) is 11.8 Å². The molecule has 0 aromatic heterocycles. The van der Waals surface area contributed by atoms with Crippen molar-refractivity contribution in [2.75, 3.05) is 0 Å². The van der Waals surface area contributed by atoms with Crippen LogP contribution in [-0.2, 0) is 6.54 Å². The minimum Gasteiger partial charge on any atom is -0.508 e. The maximum Gasteiger partial charge on any atom is 0.120 e. The predicted molar refractivity (Wildman–Crippen MR) is 73.1 cm³/mol. The van der Waals surface area contributed by atoms with E-state index in [9.17, 15) is 5.11 Å². The minimum absolute atomic E-state index is 0.387. The van der Waals surface area contributed by atoms with Crippen molar-refractivity contribution in [3.63, 3.8) is 0 Å². The average Bonchev–Trinajstić information content (AvgIpc) is 2.35. The van der Waals surface area contributed by atoms with E-state index in [1.54, 1.807) is 6.07 Å². The molecule has 0 aliphatic carbocycles. The smallest absolute Gasteiger partial charge is 0.120 e. The van der Waals surface area contributed by atoms with Gasteiger partial charge in [0, 0.05) is 18.2 Å². The highest BCUT2D eigenvalue weighted by Gasteiger charge is 2.10. The summed E-state index contributed by atoms with van der Waals surface area (Å²) in [6.45, 7) is 7.50. The molecule has 0 saturated carbocycles. The van der Waals surface area contributed by atoms with Gasteiger partial charge >= 0.3 is 0 Å². The van der Waals surface area contributed by atoms with Gasteiger partial charge in [-0.15, -0.1) is 0 Å². The van der Waals surface area contributed by atoms with Crippen LogP contribution in [0.25, 0.3) is 0 Å². The molecule has 0 radical (unpaired) electrons. The van der Waals surface area contributed by atoms with Crippen LogP contribution in [0.2, 0.25) is 0 Å². The first kappa shape index (κ1) is 14.0. The molecule has 2 atom stereocenters. The Morgan fingerprint density at radius 3 is 2.47 bits per heavy atom. The maximum absolute atomic E-state index is 9.68. The third-order valence-electron chi connectivity index (χ3n) is 3.45. The summed E-state index contributed by atoms with van der Waals surface area (Å²) in [7, 11) is 0. The molecule has 1 aromatic carbocycles. The van der Waals surface area contributed by atoms with Gasteiger partial charge in [-0.3, -0.25) is 0 Å². The monoisotopic (exact) mass is 235 g/mol. The number of rotatable bonds is 7. The molecule has 96 valence electrons. The van der Waals surface area contributed by atoms with Crippen LogP contribution in [0, 0.1) is 5.92 Å². The highest BCUT2D eigenvalue weighted by Crippen LogP contribution is 2.17. The summed E-state index contributed by atoms with van der Waals surface area (Å²) >= 11 is 0. The Balaban J connectivity index is 2.45. The Bertz CT molecular complexity index is 324. The fourth-order valence-corrected chi connectivity index (χ4v) is 1.96. The Kier molecular flexibility index (Phi) is 6.06. The number of para-hydroxylation sites is 1. The molecule has 2 heteroatoms. The topological polar surface area (TPSA) is 32.3 Å². The second kappa shape index (κ2) is 7.33. The zero-order valence-corrected chi connectivity index (χ0v) is 11.2. The molecule has 2 N–H and O–H groups in total. The van der Waals surface area contributed by atoms with Gasteiger partial charge in [-0.25, -0.2) is 0 Å². The fourth-order valence-electron chi connectivity index (χ4n) is 1.96. The van der Waals surface area contributed by atoms with Gasteiger partial charge in [0.15, 0.2) is 0 Å². The summed E-state index contributed by atoms with van der Waals surface area (Å²) in [5.41, 5.74) is 0.982. The lowest BCUT2D eigenvalue weighted by molar-refractivity contribution is 0.380. The van der Waals surface area contributed by atoms with E-state index in [1.165, 1.54) is 12.8 Å². The van der Waals surface area contributed by atoms with Crippen molar-refractivity contribution in [3.8, 4) is 5.75 Å². The first-order valence-electron chi connectivity index (χ1n) is 6.67. The van der Waals surface area contributed by atoms with Crippen molar-refractivity contribution in [3.05, 3.63) is 29.8 Å². The van der Waals surface area contributed by atoms with Gasteiger partial charge in [0.05, 0.1) is 0 Å². The van der Waals surface area contributed by atoms with Crippen LogP contribution in [0.1, 0.15) is 45.6 Å². The number of hydrogen-bond donors (Lipinski definition) is 2. The van der Waals surface area contributed by atoms with Crippen LogP contribution in [-0.4, -0.2) is 11.1 Å². The second-order valence-corrected chi connectivity index (χ2v) is 4.86. The molecule has 0 amide bonds. The standard InChI is InChI=1S/C15H25NO/c1-4-12(3)10-14(5-2)16-11-13-8-6-7-9-15(13)17/h6-9,12,14,16-17H,4-5,10-11H2,1-3H3. The lowest BCUT2D eigenvalue weighted by Gasteiger charge is -2.20. The first-order valence-corrected chi connectivity index (χ1v) is 6.67. The van der Waals surface area contributed by atoms with E-state index in [0.717, 1.165) is 24.4 Å². The van der Waals surface area contributed by atoms with Crippen molar-refractivity contribution in [2.24, 2.45) is 5.92 Å². The average molecular weight is 235 g/mol.